The van der Waals surface area contributed by atoms with Crippen LogP contribution >= 0.6 is 0 Å². The van der Waals surface area contributed by atoms with Crippen LogP contribution in [0, 0.1) is 5.82 Å². The summed E-state index contributed by atoms with van der Waals surface area (Å²) in [5, 5.41) is 7.48. The number of nitrogens with zero attached hydrogens (tertiary/aromatic N) is 1. The predicted octanol–water partition coefficient (Wildman–Crippen LogP) is 5.70. The van der Waals surface area contributed by atoms with Crippen LogP contribution in [0.3, 0.4) is 0 Å². The van der Waals surface area contributed by atoms with Gasteiger partial charge in [-0.25, -0.2) is 14.0 Å². The van der Waals surface area contributed by atoms with Crippen LogP contribution in [0.4, 0.5) is 44.2 Å². The molecule has 0 unspecified atom stereocenters. The summed E-state index contributed by atoms with van der Waals surface area (Å²) >= 11 is 0. The molecule has 0 spiro atoms. The first-order valence-electron chi connectivity index (χ1n) is 9.84. The molecule has 3 aromatic rings. The van der Waals surface area contributed by atoms with Crippen molar-refractivity contribution >= 4 is 29.1 Å². The van der Waals surface area contributed by atoms with Gasteiger partial charge in [-0.1, -0.05) is 36.4 Å². The van der Waals surface area contributed by atoms with Crippen LogP contribution in [0.15, 0.2) is 78.9 Å². The molecule has 6 nitrogen and oxygen atoms in total. The fourth-order valence-electron chi connectivity index (χ4n) is 2.92. The molecule has 0 heterocycles. The van der Waals surface area contributed by atoms with Crippen molar-refractivity contribution in [1.82, 2.24) is 5.32 Å². The van der Waals surface area contributed by atoms with Gasteiger partial charge in [-0.15, -0.1) is 0 Å². The number of halogens is 4. The Balaban J connectivity index is 1.74. The monoisotopic (exact) mass is 460 g/mol. The van der Waals surface area contributed by atoms with Crippen LogP contribution in [0.25, 0.3) is 0 Å². The lowest BCUT2D eigenvalue weighted by Gasteiger charge is -2.24. The first-order chi connectivity index (χ1) is 15.7. The highest BCUT2D eigenvalue weighted by atomic mass is 19.4. The number of urea groups is 2. The first kappa shape index (κ1) is 23.6. The average Bonchev–Trinajstić information content (AvgIpc) is 2.78. The Bertz CT molecular complexity index is 1110. The molecule has 172 valence electrons. The van der Waals surface area contributed by atoms with Gasteiger partial charge in [0.15, 0.2) is 0 Å². The summed E-state index contributed by atoms with van der Waals surface area (Å²) in [5.74, 6) is -0.699. The van der Waals surface area contributed by atoms with Crippen LogP contribution in [-0.2, 0) is 6.18 Å². The zero-order valence-electron chi connectivity index (χ0n) is 17.2. The van der Waals surface area contributed by atoms with Gasteiger partial charge in [0, 0.05) is 24.5 Å². The summed E-state index contributed by atoms with van der Waals surface area (Å²) in [6.45, 7) is -0.261. The zero-order valence-corrected chi connectivity index (χ0v) is 17.2. The van der Waals surface area contributed by atoms with Crippen LogP contribution < -0.4 is 20.9 Å². The normalized spacial score (nSPS) is 10.9. The first-order valence-corrected chi connectivity index (χ1v) is 9.84. The molecular weight excluding hydrogens is 440 g/mol. The van der Waals surface area contributed by atoms with Crippen molar-refractivity contribution in [2.75, 3.05) is 28.6 Å². The molecule has 0 aliphatic carbocycles. The van der Waals surface area contributed by atoms with E-state index < -0.39 is 29.6 Å². The van der Waals surface area contributed by atoms with Gasteiger partial charge in [-0.2, -0.15) is 13.2 Å². The molecule has 0 saturated carbocycles. The lowest BCUT2D eigenvalue weighted by Crippen LogP contribution is -2.42. The second-order valence-electron chi connectivity index (χ2n) is 6.86. The van der Waals surface area contributed by atoms with Crippen molar-refractivity contribution in [3.63, 3.8) is 0 Å². The zero-order chi connectivity index (χ0) is 23.8. The Morgan fingerprint density at radius 1 is 0.848 bits per heavy atom. The number of benzene rings is 3. The van der Waals surface area contributed by atoms with E-state index in [0.29, 0.717) is 5.69 Å². The number of alkyl halides is 3. The molecule has 0 fully saturated rings. The molecule has 10 heteroatoms. The third kappa shape index (κ3) is 6.70. The summed E-state index contributed by atoms with van der Waals surface area (Å²) in [6.07, 6.45) is -4.61. The summed E-state index contributed by atoms with van der Waals surface area (Å²) < 4.78 is 53.4. The minimum absolute atomic E-state index is 0.0658. The number of nitrogens with one attached hydrogen (secondary N) is 3. The molecule has 3 aromatic carbocycles. The smallest absolute Gasteiger partial charge is 0.336 e. The van der Waals surface area contributed by atoms with E-state index in [-0.39, 0.29) is 24.5 Å². The minimum Gasteiger partial charge on any atom is -0.336 e. The third-order valence-corrected chi connectivity index (χ3v) is 4.50. The van der Waals surface area contributed by atoms with E-state index in [2.05, 4.69) is 16.0 Å². The van der Waals surface area contributed by atoms with Gasteiger partial charge >= 0.3 is 18.2 Å². The molecule has 0 aliphatic rings. The van der Waals surface area contributed by atoms with Gasteiger partial charge in [-0.3, -0.25) is 4.90 Å². The Hall–Kier alpha value is -4.08. The number of para-hydroxylation sites is 2. The highest BCUT2D eigenvalue weighted by Gasteiger charge is 2.31. The number of hydrogen-bond acceptors (Lipinski definition) is 2. The third-order valence-electron chi connectivity index (χ3n) is 4.50. The standard InChI is InChI=1S/C23H20F4N4O2/c24-19-11-4-5-12-20(19)30-22(33)31(18-10-6-7-16(15-18)23(25,26)27)14-13-28-21(32)29-17-8-2-1-3-9-17/h1-12,15H,13-14H2,(H,30,33)(H2,28,29,32). The van der Waals surface area contributed by atoms with E-state index in [0.717, 1.165) is 29.2 Å². The van der Waals surface area contributed by atoms with Crippen molar-refractivity contribution < 1.29 is 27.2 Å². The number of amides is 4. The van der Waals surface area contributed by atoms with E-state index in [1.165, 1.54) is 24.3 Å². The molecule has 0 saturated heterocycles. The number of rotatable bonds is 6. The van der Waals surface area contributed by atoms with Crippen LogP contribution in [0.5, 0.6) is 0 Å². The number of carbonyl (C=O) groups excluding carboxylic acids is 2. The maximum absolute atomic E-state index is 14.0. The highest BCUT2D eigenvalue weighted by Crippen LogP contribution is 2.31. The van der Waals surface area contributed by atoms with Crippen molar-refractivity contribution in [3.8, 4) is 0 Å². The highest BCUT2D eigenvalue weighted by molar-refractivity contribution is 6.02. The van der Waals surface area contributed by atoms with Crippen LogP contribution in [0.2, 0.25) is 0 Å². The second-order valence-corrected chi connectivity index (χ2v) is 6.86. The van der Waals surface area contributed by atoms with E-state index in [1.54, 1.807) is 30.3 Å². The lowest BCUT2D eigenvalue weighted by molar-refractivity contribution is -0.137. The largest absolute Gasteiger partial charge is 0.416 e. The van der Waals surface area contributed by atoms with Gasteiger partial charge < -0.3 is 16.0 Å². The maximum atomic E-state index is 14.0. The Morgan fingerprint density at radius 3 is 2.24 bits per heavy atom. The Labute approximate surface area is 187 Å². The second kappa shape index (κ2) is 10.5. The van der Waals surface area contributed by atoms with Gasteiger partial charge in [0.05, 0.1) is 11.3 Å². The van der Waals surface area contributed by atoms with Gasteiger partial charge in [-0.05, 0) is 42.5 Å². The number of carbonyl (C=O) groups is 2. The van der Waals surface area contributed by atoms with E-state index in [9.17, 15) is 27.2 Å². The average molecular weight is 460 g/mol. The quantitative estimate of drug-likeness (QED) is 0.413. The molecule has 3 rings (SSSR count). The summed E-state index contributed by atoms with van der Waals surface area (Å²) in [7, 11) is 0. The fraction of sp³-hybridized carbons (Fsp3) is 0.130. The number of hydrogen-bond donors (Lipinski definition) is 3. The topological polar surface area (TPSA) is 73.5 Å². The minimum atomic E-state index is -4.61. The Morgan fingerprint density at radius 2 is 1.55 bits per heavy atom. The Kier molecular flexibility index (Phi) is 7.50. The number of anilines is 3. The lowest BCUT2D eigenvalue weighted by atomic mass is 10.2. The van der Waals surface area contributed by atoms with Gasteiger partial charge in [0.1, 0.15) is 5.82 Å². The van der Waals surface area contributed by atoms with Crippen molar-refractivity contribution in [2.24, 2.45) is 0 Å². The van der Waals surface area contributed by atoms with Crippen LogP contribution in [0.1, 0.15) is 5.56 Å². The molecule has 0 bridgehead atoms. The predicted molar refractivity (Wildman–Crippen MR) is 118 cm³/mol. The van der Waals surface area contributed by atoms with E-state index in [4.69, 9.17) is 0 Å². The molecule has 3 N–H and O–H groups in total. The van der Waals surface area contributed by atoms with Gasteiger partial charge in [0.25, 0.3) is 0 Å². The van der Waals surface area contributed by atoms with Crippen molar-refractivity contribution in [1.29, 1.82) is 0 Å². The molecular formula is C23H20F4N4O2. The van der Waals surface area contributed by atoms with Crippen molar-refractivity contribution in [2.45, 2.75) is 6.18 Å². The van der Waals surface area contributed by atoms with Gasteiger partial charge in [0.2, 0.25) is 0 Å². The fourth-order valence-corrected chi connectivity index (χ4v) is 2.92. The van der Waals surface area contributed by atoms with E-state index in [1.807, 2.05) is 0 Å². The summed E-state index contributed by atoms with van der Waals surface area (Å²) in [6, 6.07) is 16.8. The molecule has 0 aliphatic heterocycles. The molecule has 4 amide bonds. The molecule has 0 atom stereocenters. The van der Waals surface area contributed by atoms with Crippen LogP contribution in [-0.4, -0.2) is 25.2 Å². The molecule has 33 heavy (non-hydrogen) atoms. The molecule has 0 radical (unpaired) electrons. The maximum Gasteiger partial charge on any atom is 0.416 e. The summed E-state index contributed by atoms with van der Waals surface area (Å²) in [4.78, 5) is 25.9. The van der Waals surface area contributed by atoms with Crippen molar-refractivity contribution in [3.05, 3.63) is 90.2 Å². The summed E-state index contributed by atoms with van der Waals surface area (Å²) in [5.41, 5.74) is -0.598. The molecule has 0 aromatic heterocycles. The van der Waals surface area contributed by atoms with E-state index >= 15 is 0 Å². The SMILES string of the molecule is O=C(NCCN(C(=O)Nc1ccccc1F)c1cccc(C(F)(F)F)c1)Nc1ccccc1.